The Morgan fingerprint density at radius 2 is 1.76 bits per heavy atom. The van der Waals surface area contributed by atoms with E-state index in [1.54, 1.807) is 24.3 Å². The molecule has 2 aromatic rings. The van der Waals surface area contributed by atoms with E-state index in [-0.39, 0.29) is 17.9 Å². The van der Waals surface area contributed by atoms with E-state index in [0.717, 1.165) is 4.90 Å². The maximum absolute atomic E-state index is 12.8. The van der Waals surface area contributed by atoms with Gasteiger partial charge in [0.05, 0.1) is 10.6 Å². The largest absolute Gasteiger partial charge is 0.324 e. The second-order valence-electron chi connectivity index (χ2n) is 6.39. The van der Waals surface area contributed by atoms with Gasteiger partial charge in [-0.05, 0) is 24.3 Å². The molecule has 2 aliphatic heterocycles. The van der Waals surface area contributed by atoms with Crippen molar-refractivity contribution in [2.45, 2.75) is 12.1 Å². The summed E-state index contributed by atoms with van der Waals surface area (Å²) in [5.74, 6) is -1.60. The SMILES string of the molecule is O=C(CN1N=N[C@@H]2C(=O)N(c3ccc([N+](=O)[O-])cc3)C(=O)[C@@H]21)Nc1ccccc1. The molecule has 29 heavy (non-hydrogen) atoms. The van der Waals surface area contributed by atoms with E-state index in [0.29, 0.717) is 5.69 Å². The van der Waals surface area contributed by atoms with Gasteiger partial charge in [-0.1, -0.05) is 23.4 Å². The smallest absolute Gasteiger partial charge is 0.269 e. The first-order chi connectivity index (χ1) is 14.0. The second-order valence-corrected chi connectivity index (χ2v) is 6.39. The van der Waals surface area contributed by atoms with Gasteiger partial charge in [0, 0.05) is 17.8 Å². The van der Waals surface area contributed by atoms with E-state index >= 15 is 0 Å². The Kier molecular flexibility index (Phi) is 4.47. The van der Waals surface area contributed by atoms with Crippen LogP contribution in [0, 0.1) is 10.1 Å². The lowest BCUT2D eigenvalue weighted by Crippen LogP contribution is -2.43. The van der Waals surface area contributed by atoms with E-state index in [1.165, 1.54) is 29.3 Å². The van der Waals surface area contributed by atoms with Gasteiger partial charge in [-0.25, -0.2) is 4.90 Å². The molecule has 2 aromatic carbocycles. The lowest BCUT2D eigenvalue weighted by atomic mass is 10.1. The van der Waals surface area contributed by atoms with Crippen LogP contribution in [0.3, 0.4) is 0 Å². The molecule has 1 N–H and O–H groups in total. The first-order valence-corrected chi connectivity index (χ1v) is 8.60. The molecule has 1 fully saturated rings. The van der Waals surface area contributed by atoms with Crippen LogP contribution in [0.15, 0.2) is 64.9 Å². The number of rotatable bonds is 5. The number of amides is 3. The lowest BCUT2D eigenvalue weighted by Gasteiger charge is -2.20. The van der Waals surface area contributed by atoms with Crippen molar-refractivity contribution in [3.05, 3.63) is 64.7 Å². The third-order valence-corrected chi connectivity index (χ3v) is 4.54. The number of carbonyl (C=O) groups excluding carboxylic acids is 3. The number of benzene rings is 2. The summed E-state index contributed by atoms with van der Waals surface area (Å²) in [6.07, 6.45) is 0. The molecule has 0 spiro atoms. The molecule has 4 rings (SSSR count). The average Bonchev–Trinajstić information content (AvgIpc) is 3.22. The number of hydrogen-bond acceptors (Lipinski definition) is 8. The van der Waals surface area contributed by atoms with Crippen LogP contribution in [0.4, 0.5) is 17.1 Å². The van der Waals surface area contributed by atoms with E-state index in [1.807, 2.05) is 6.07 Å². The summed E-state index contributed by atoms with van der Waals surface area (Å²) in [4.78, 5) is 48.9. The Morgan fingerprint density at radius 1 is 1.07 bits per heavy atom. The molecule has 0 unspecified atom stereocenters. The summed E-state index contributed by atoms with van der Waals surface area (Å²) in [6, 6.07) is 11.7. The highest BCUT2D eigenvalue weighted by atomic mass is 16.6. The minimum atomic E-state index is -1.05. The van der Waals surface area contributed by atoms with E-state index in [4.69, 9.17) is 0 Å². The van der Waals surface area contributed by atoms with Crippen molar-refractivity contribution in [1.29, 1.82) is 0 Å². The van der Waals surface area contributed by atoms with Crippen molar-refractivity contribution in [2.24, 2.45) is 10.3 Å². The van der Waals surface area contributed by atoms with Crippen molar-refractivity contribution >= 4 is 34.8 Å². The van der Waals surface area contributed by atoms with Crippen molar-refractivity contribution in [2.75, 3.05) is 16.8 Å². The maximum atomic E-state index is 12.8. The van der Waals surface area contributed by atoms with Crippen molar-refractivity contribution in [3.63, 3.8) is 0 Å². The molecule has 11 heteroatoms. The van der Waals surface area contributed by atoms with Crippen LogP contribution >= 0.6 is 0 Å². The predicted octanol–water partition coefficient (Wildman–Crippen LogP) is 1.53. The highest BCUT2D eigenvalue weighted by molar-refractivity contribution is 6.25. The number of imide groups is 1. The molecule has 0 bridgehead atoms. The minimum absolute atomic E-state index is 0.160. The Labute approximate surface area is 163 Å². The first kappa shape index (κ1) is 18.2. The lowest BCUT2D eigenvalue weighted by molar-refractivity contribution is -0.384. The number of nitrogens with one attached hydrogen (secondary N) is 1. The van der Waals surface area contributed by atoms with Gasteiger partial charge >= 0.3 is 0 Å². The Bertz CT molecular complexity index is 1020. The zero-order valence-corrected chi connectivity index (χ0v) is 14.8. The van der Waals surface area contributed by atoms with Crippen LogP contribution in [-0.4, -0.2) is 46.3 Å². The van der Waals surface area contributed by atoms with Crippen molar-refractivity contribution in [1.82, 2.24) is 5.01 Å². The third kappa shape index (κ3) is 3.29. The monoisotopic (exact) mass is 394 g/mol. The zero-order chi connectivity index (χ0) is 20.5. The fourth-order valence-electron chi connectivity index (χ4n) is 3.20. The minimum Gasteiger partial charge on any atom is -0.324 e. The predicted molar refractivity (Wildman–Crippen MR) is 99.8 cm³/mol. The Morgan fingerprint density at radius 3 is 2.41 bits per heavy atom. The number of carbonyl (C=O) groups is 3. The third-order valence-electron chi connectivity index (χ3n) is 4.54. The fraction of sp³-hybridized carbons (Fsp3) is 0.167. The normalized spacial score (nSPS) is 20.1. The number of non-ortho nitro benzene ring substituents is 1. The highest BCUT2D eigenvalue weighted by Gasteiger charge is 2.55. The topological polar surface area (TPSA) is 138 Å². The number of nitrogens with zero attached hydrogens (tertiary/aromatic N) is 5. The van der Waals surface area contributed by atoms with Gasteiger partial charge in [-0.2, -0.15) is 5.11 Å². The van der Waals surface area contributed by atoms with Gasteiger partial charge in [0.1, 0.15) is 6.54 Å². The summed E-state index contributed by atoms with van der Waals surface area (Å²) in [7, 11) is 0. The molecule has 2 atom stereocenters. The molecule has 1 saturated heterocycles. The summed E-state index contributed by atoms with van der Waals surface area (Å²) in [5, 5.41) is 22.3. The number of hydrogen-bond donors (Lipinski definition) is 1. The molecule has 0 saturated carbocycles. The number of para-hydroxylation sites is 1. The van der Waals surface area contributed by atoms with Crippen LogP contribution < -0.4 is 10.2 Å². The fourth-order valence-corrected chi connectivity index (χ4v) is 3.20. The molecule has 0 aromatic heterocycles. The van der Waals surface area contributed by atoms with Crippen LogP contribution in [0.5, 0.6) is 0 Å². The molecule has 2 aliphatic rings. The van der Waals surface area contributed by atoms with E-state index in [2.05, 4.69) is 15.7 Å². The molecule has 0 aliphatic carbocycles. The summed E-state index contributed by atoms with van der Waals surface area (Å²) in [6.45, 7) is -0.257. The average molecular weight is 394 g/mol. The zero-order valence-electron chi connectivity index (χ0n) is 14.8. The maximum Gasteiger partial charge on any atom is 0.269 e. The number of nitro benzene ring substituents is 1. The number of anilines is 2. The van der Waals surface area contributed by atoms with Gasteiger partial charge in [0.15, 0.2) is 12.1 Å². The standard InChI is InChI=1S/C18H14N6O5/c25-14(19-11-4-2-1-3-5-11)10-22-16-15(20-21-22)17(26)23(18(16)27)12-6-8-13(9-7-12)24(28)29/h1-9,15-16H,10H2,(H,19,25)/t15-,16+/m0/s1. The molecular weight excluding hydrogens is 380 g/mol. The quantitative estimate of drug-likeness (QED) is 0.464. The molecular formula is C18H14N6O5. The summed E-state index contributed by atoms with van der Waals surface area (Å²) in [5.41, 5.74) is 0.627. The van der Waals surface area contributed by atoms with Gasteiger partial charge in [0.2, 0.25) is 5.91 Å². The molecule has 3 amide bonds. The van der Waals surface area contributed by atoms with E-state index < -0.39 is 34.7 Å². The number of fused-ring (bicyclic) bond motifs is 1. The van der Waals surface area contributed by atoms with Crippen molar-refractivity contribution in [3.8, 4) is 0 Å². The number of nitro groups is 1. The Balaban J connectivity index is 1.49. The van der Waals surface area contributed by atoms with Gasteiger partial charge in [0.25, 0.3) is 17.5 Å². The van der Waals surface area contributed by atoms with Crippen molar-refractivity contribution < 1.29 is 19.3 Å². The Hall–Kier alpha value is -4.15. The van der Waals surface area contributed by atoms with Gasteiger partial charge in [-0.15, -0.1) is 0 Å². The molecule has 0 radical (unpaired) electrons. The van der Waals surface area contributed by atoms with Crippen LogP contribution in [0.2, 0.25) is 0 Å². The van der Waals surface area contributed by atoms with E-state index in [9.17, 15) is 24.5 Å². The van der Waals surface area contributed by atoms with Gasteiger partial charge in [-0.3, -0.25) is 29.5 Å². The second kappa shape index (κ2) is 7.11. The summed E-state index contributed by atoms with van der Waals surface area (Å²) >= 11 is 0. The first-order valence-electron chi connectivity index (χ1n) is 8.60. The summed E-state index contributed by atoms with van der Waals surface area (Å²) < 4.78 is 0. The van der Waals surface area contributed by atoms with Crippen LogP contribution in [0.1, 0.15) is 0 Å². The van der Waals surface area contributed by atoms with Gasteiger partial charge < -0.3 is 5.32 Å². The highest BCUT2D eigenvalue weighted by Crippen LogP contribution is 2.32. The molecule has 2 heterocycles. The molecule has 11 nitrogen and oxygen atoms in total. The van der Waals surface area contributed by atoms with Crippen LogP contribution in [-0.2, 0) is 14.4 Å². The molecule has 146 valence electrons. The van der Waals surface area contributed by atoms with Crippen LogP contribution in [0.25, 0.3) is 0 Å².